The molecular weight excluding hydrogens is 354 g/mol. The van der Waals surface area contributed by atoms with E-state index in [0.29, 0.717) is 0 Å². The third kappa shape index (κ3) is 24.0. The summed E-state index contributed by atoms with van der Waals surface area (Å²) in [6, 6.07) is 0. The predicted octanol–water partition coefficient (Wildman–Crippen LogP) is 6.67. The van der Waals surface area contributed by atoms with E-state index in [-0.39, 0.29) is 0 Å². The van der Waals surface area contributed by atoms with Crippen LogP contribution < -0.4 is 0 Å². The Balaban J connectivity index is 3.24. The minimum atomic E-state index is 1.20. The molecule has 29 heavy (non-hydrogen) atoms. The second-order valence-electron chi connectivity index (χ2n) is 9.71. The summed E-state index contributed by atoms with van der Waals surface area (Å²) in [5.74, 6) is 0. The Kier molecular flexibility index (Phi) is 22.5. The molecule has 0 aliphatic heterocycles. The van der Waals surface area contributed by atoms with Gasteiger partial charge in [-0.2, -0.15) is 0 Å². The lowest BCUT2D eigenvalue weighted by Gasteiger charge is -2.21. The first kappa shape index (κ1) is 28.9. The zero-order valence-corrected chi connectivity index (χ0v) is 21.2. The smallest absolute Gasteiger partial charge is 0.000959 e. The van der Waals surface area contributed by atoms with Crippen molar-refractivity contribution in [3.63, 3.8) is 0 Å². The van der Waals surface area contributed by atoms with Gasteiger partial charge in [-0.3, -0.25) is 0 Å². The van der Waals surface area contributed by atoms with Crippen molar-refractivity contribution in [2.45, 2.75) is 110 Å². The van der Waals surface area contributed by atoms with E-state index in [2.05, 4.69) is 49.8 Å². The molecule has 0 rings (SSSR count). The Labute approximate surface area is 185 Å². The van der Waals surface area contributed by atoms with Crippen molar-refractivity contribution in [1.29, 1.82) is 0 Å². The average Bonchev–Trinajstić information content (AvgIpc) is 2.68. The SMILES string of the molecule is CCCCCCCCCCCCCCCCN(C)CCCN(C)CCCN(C)C. The lowest BCUT2D eigenvalue weighted by Crippen LogP contribution is -2.28. The molecular formula is C26H57N3. The van der Waals surface area contributed by atoms with Crippen LogP contribution in [0.5, 0.6) is 0 Å². The van der Waals surface area contributed by atoms with Gasteiger partial charge in [-0.1, -0.05) is 90.4 Å². The minimum absolute atomic E-state index is 1.20. The van der Waals surface area contributed by atoms with Crippen LogP contribution in [-0.4, -0.2) is 75.6 Å². The van der Waals surface area contributed by atoms with Crippen LogP contribution in [0.15, 0.2) is 0 Å². The van der Waals surface area contributed by atoms with E-state index < -0.39 is 0 Å². The molecule has 0 aromatic carbocycles. The van der Waals surface area contributed by atoms with Crippen molar-refractivity contribution in [3.8, 4) is 0 Å². The molecule has 0 aliphatic carbocycles. The molecule has 0 saturated carbocycles. The molecule has 3 heteroatoms. The van der Waals surface area contributed by atoms with E-state index in [4.69, 9.17) is 0 Å². The van der Waals surface area contributed by atoms with Crippen LogP contribution >= 0.6 is 0 Å². The van der Waals surface area contributed by atoms with E-state index in [0.717, 1.165) is 0 Å². The number of hydrogen-bond acceptors (Lipinski definition) is 3. The molecule has 0 aromatic heterocycles. The van der Waals surface area contributed by atoms with Gasteiger partial charge in [0.1, 0.15) is 0 Å². The van der Waals surface area contributed by atoms with Crippen molar-refractivity contribution in [2.24, 2.45) is 0 Å². The third-order valence-corrected chi connectivity index (χ3v) is 6.12. The molecule has 0 spiro atoms. The highest BCUT2D eigenvalue weighted by Gasteiger charge is 2.02. The van der Waals surface area contributed by atoms with E-state index in [1.807, 2.05) is 0 Å². The Morgan fingerprint density at radius 3 is 1.03 bits per heavy atom. The quantitative estimate of drug-likeness (QED) is 0.174. The highest BCUT2D eigenvalue weighted by Crippen LogP contribution is 2.13. The molecule has 0 bridgehead atoms. The number of unbranched alkanes of at least 4 members (excludes halogenated alkanes) is 13. The molecule has 0 N–H and O–H groups in total. The highest BCUT2D eigenvalue weighted by molar-refractivity contribution is 4.58. The van der Waals surface area contributed by atoms with Gasteiger partial charge in [0, 0.05) is 0 Å². The van der Waals surface area contributed by atoms with Gasteiger partial charge in [-0.25, -0.2) is 0 Å². The third-order valence-electron chi connectivity index (χ3n) is 6.12. The minimum Gasteiger partial charge on any atom is -0.309 e. The van der Waals surface area contributed by atoms with Crippen molar-refractivity contribution < 1.29 is 0 Å². The number of rotatable bonds is 23. The van der Waals surface area contributed by atoms with Crippen molar-refractivity contribution in [1.82, 2.24) is 14.7 Å². The molecule has 0 saturated heterocycles. The fraction of sp³-hybridized carbons (Fsp3) is 1.00. The van der Waals surface area contributed by atoms with Gasteiger partial charge in [0.2, 0.25) is 0 Å². The van der Waals surface area contributed by atoms with E-state index >= 15 is 0 Å². The highest BCUT2D eigenvalue weighted by atomic mass is 15.1. The fourth-order valence-electron chi connectivity index (χ4n) is 4.07. The zero-order valence-electron chi connectivity index (χ0n) is 21.2. The van der Waals surface area contributed by atoms with Crippen LogP contribution in [0.1, 0.15) is 110 Å². The Hall–Kier alpha value is -0.120. The summed E-state index contributed by atoms with van der Waals surface area (Å²) in [7, 11) is 8.88. The van der Waals surface area contributed by atoms with Crippen LogP contribution in [0.3, 0.4) is 0 Å². The van der Waals surface area contributed by atoms with Gasteiger partial charge in [0.05, 0.1) is 0 Å². The molecule has 0 amide bonds. The summed E-state index contributed by atoms with van der Waals surface area (Å²) in [5.41, 5.74) is 0. The lowest BCUT2D eigenvalue weighted by atomic mass is 10.0. The molecule has 176 valence electrons. The summed E-state index contributed by atoms with van der Waals surface area (Å²) >= 11 is 0. The molecule has 0 fully saturated rings. The van der Waals surface area contributed by atoms with Gasteiger partial charge in [0.15, 0.2) is 0 Å². The molecule has 3 nitrogen and oxygen atoms in total. The first-order valence-electron chi connectivity index (χ1n) is 13.1. The zero-order chi connectivity index (χ0) is 21.6. The summed E-state index contributed by atoms with van der Waals surface area (Å²) < 4.78 is 0. The first-order chi connectivity index (χ1) is 14.1. The maximum absolute atomic E-state index is 2.54. The largest absolute Gasteiger partial charge is 0.309 e. The molecule has 0 radical (unpaired) electrons. The van der Waals surface area contributed by atoms with Crippen LogP contribution in [0.2, 0.25) is 0 Å². The van der Waals surface area contributed by atoms with Crippen molar-refractivity contribution >= 4 is 0 Å². The molecule has 0 atom stereocenters. The first-order valence-corrected chi connectivity index (χ1v) is 13.1. The lowest BCUT2D eigenvalue weighted by molar-refractivity contribution is 0.264. The van der Waals surface area contributed by atoms with Gasteiger partial charge in [0.25, 0.3) is 0 Å². The Morgan fingerprint density at radius 2 is 0.655 bits per heavy atom. The monoisotopic (exact) mass is 411 g/mol. The number of hydrogen-bond donors (Lipinski definition) is 0. The summed E-state index contributed by atoms with van der Waals surface area (Å²) in [6.45, 7) is 8.48. The molecule has 0 unspecified atom stereocenters. The van der Waals surface area contributed by atoms with Gasteiger partial charge in [-0.05, 0) is 80.2 Å². The Morgan fingerprint density at radius 1 is 0.345 bits per heavy atom. The summed E-state index contributed by atoms with van der Waals surface area (Å²) in [5, 5.41) is 0. The fourth-order valence-corrected chi connectivity index (χ4v) is 4.07. The van der Waals surface area contributed by atoms with Gasteiger partial charge < -0.3 is 14.7 Å². The molecule has 0 aliphatic rings. The molecule has 0 aromatic rings. The summed E-state index contributed by atoms with van der Waals surface area (Å²) in [4.78, 5) is 7.30. The van der Waals surface area contributed by atoms with Crippen molar-refractivity contribution in [2.75, 3.05) is 60.9 Å². The van der Waals surface area contributed by atoms with Gasteiger partial charge >= 0.3 is 0 Å². The van der Waals surface area contributed by atoms with E-state index in [1.54, 1.807) is 0 Å². The van der Waals surface area contributed by atoms with Crippen LogP contribution in [0, 0.1) is 0 Å². The normalized spacial score (nSPS) is 12.0. The van der Waals surface area contributed by atoms with Crippen LogP contribution in [0.4, 0.5) is 0 Å². The summed E-state index contributed by atoms with van der Waals surface area (Å²) in [6.07, 6.45) is 22.8. The predicted molar refractivity (Wildman–Crippen MR) is 133 cm³/mol. The maximum Gasteiger partial charge on any atom is -0.000959 e. The average molecular weight is 412 g/mol. The Bertz CT molecular complexity index is 306. The van der Waals surface area contributed by atoms with Crippen molar-refractivity contribution in [3.05, 3.63) is 0 Å². The molecule has 0 heterocycles. The van der Waals surface area contributed by atoms with Crippen LogP contribution in [0.25, 0.3) is 0 Å². The topological polar surface area (TPSA) is 9.72 Å². The van der Waals surface area contributed by atoms with E-state index in [1.165, 1.54) is 135 Å². The van der Waals surface area contributed by atoms with Gasteiger partial charge in [-0.15, -0.1) is 0 Å². The second-order valence-corrected chi connectivity index (χ2v) is 9.71. The standard InChI is InChI=1S/C26H57N3/c1-6-7-8-9-10-11-12-13-14-15-16-17-18-19-23-28(4)25-21-26-29(5)24-20-22-27(2)3/h6-26H2,1-5H3. The van der Waals surface area contributed by atoms with E-state index in [9.17, 15) is 0 Å². The van der Waals surface area contributed by atoms with Crippen LogP contribution in [-0.2, 0) is 0 Å². The maximum atomic E-state index is 2.54. The second kappa shape index (κ2) is 22.6. The number of nitrogens with zero attached hydrogens (tertiary/aromatic N) is 3.